The average Bonchev–Trinajstić information content (AvgIpc) is 1.79. The SMILES string of the molecule is CC1(C)CC(=O)C2=C(C1)Nc1c(O)cccc1N(C(=O)c1ccco1)C2c1ccc(OCc2cccc(CC3(C)CC(=O)C4=C(C3)Nc3c(O)cccc3N(C(=O)c3cnc5ccccc5n3)C4c3ccc(OCc4ccccc4)cc3F)c2)cc1F. The van der Waals surface area contributed by atoms with E-state index in [1.54, 1.807) is 60.7 Å². The molecule has 4 aliphatic rings. The first-order valence-electron chi connectivity index (χ1n) is 28.6. The summed E-state index contributed by atoms with van der Waals surface area (Å²) < 4.78 is 52.1. The summed E-state index contributed by atoms with van der Waals surface area (Å²) >= 11 is 0. The summed E-state index contributed by atoms with van der Waals surface area (Å²) in [5.74, 6) is -3.44. The third-order valence-electron chi connectivity index (χ3n) is 16.6. The van der Waals surface area contributed by atoms with Crippen molar-refractivity contribution < 1.29 is 52.1 Å². The van der Waals surface area contributed by atoms with E-state index in [1.165, 1.54) is 64.7 Å². The van der Waals surface area contributed by atoms with E-state index in [-0.39, 0.29) is 124 Å². The summed E-state index contributed by atoms with van der Waals surface area (Å²) in [6.07, 6.45) is 3.81. The Hall–Kier alpha value is -10.4. The lowest BCUT2D eigenvalue weighted by Crippen LogP contribution is -2.41. The van der Waals surface area contributed by atoms with Crippen LogP contribution in [0.15, 0.2) is 203 Å². The summed E-state index contributed by atoms with van der Waals surface area (Å²) in [4.78, 5) is 71.3. The number of ketones is 2. The van der Waals surface area contributed by atoms with E-state index in [0.717, 1.165) is 16.7 Å². The molecule has 436 valence electrons. The zero-order valence-corrected chi connectivity index (χ0v) is 47.6. The monoisotopic (exact) mass is 1160 g/mol. The number of furan rings is 1. The van der Waals surface area contributed by atoms with Crippen molar-refractivity contribution in [3.63, 3.8) is 0 Å². The van der Waals surface area contributed by atoms with Crippen molar-refractivity contribution in [3.05, 3.63) is 250 Å². The Morgan fingerprint density at radius 2 is 1.15 bits per heavy atom. The third kappa shape index (κ3) is 10.7. The van der Waals surface area contributed by atoms with Gasteiger partial charge in [-0.15, -0.1) is 0 Å². The molecule has 7 aromatic carbocycles. The number of allylic oxidation sites excluding steroid dienone is 2. The van der Waals surface area contributed by atoms with E-state index in [1.807, 2.05) is 81.4 Å². The lowest BCUT2D eigenvalue weighted by atomic mass is 9.69. The van der Waals surface area contributed by atoms with Crippen LogP contribution >= 0.6 is 0 Å². The molecule has 0 bridgehead atoms. The van der Waals surface area contributed by atoms with E-state index in [4.69, 9.17) is 13.9 Å². The second-order valence-electron chi connectivity index (χ2n) is 23.7. The van der Waals surface area contributed by atoms with Crippen LogP contribution in [0.5, 0.6) is 23.0 Å². The lowest BCUT2D eigenvalue weighted by Gasteiger charge is -2.39. The highest BCUT2D eigenvalue weighted by Gasteiger charge is 2.48. The van der Waals surface area contributed by atoms with Gasteiger partial charge < -0.3 is 34.7 Å². The Kier molecular flexibility index (Phi) is 14.2. The highest BCUT2D eigenvalue weighted by atomic mass is 19.1. The minimum atomic E-state index is -1.36. The van der Waals surface area contributed by atoms with Crippen LogP contribution < -0.4 is 29.9 Å². The van der Waals surface area contributed by atoms with Crippen LogP contribution in [0, 0.1) is 22.5 Å². The van der Waals surface area contributed by atoms with Crippen LogP contribution in [-0.2, 0) is 29.2 Å². The van der Waals surface area contributed by atoms with Crippen LogP contribution in [0.25, 0.3) is 11.0 Å². The Bertz CT molecular complexity index is 4340. The number of ether oxygens (including phenoxy) is 2. The first-order chi connectivity index (χ1) is 42.0. The summed E-state index contributed by atoms with van der Waals surface area (Å²) in [6, 6.07) is 42.6. The van der Waals surface area contributed by atoms with Gasteiger partial charge in [-0.3, -0.25) is 34.0 Å². The number of rotatable bonds is 12. The van der Waals surface area contributed by atoms with E-state index >= 15 is 18.4 Å². The van der Waals surface area contributed by atoms with Gasteiger partial charge in [-0.1, -0.05) is 99.6 Å². The fraction of sp³-hybridized carbons (Fsp3) is 0.200. The molecule has 0 radical (unpaired) electrons. The summed E-state index contributed by atoms with van der Waals surface area (Å²) in [6.45, 7) is 6.08. The molecule has 2 amide bonds. The summed E-state index contributed by atoms with van der Waals surface area (Å²) in [7, 11) is 0. The molecule has 2 aromatic heterocycles. The van der Waals surface area contributed by atoms with Crippen molar-refractivity contribution in [3.8, 4) is 23.0 Å². The predicted octanol–water partition coefficient (Wildman–Crippen LogP) is 14.2. The fourth-order valence-electron chi connectivity index (χ4n) is 12.7. The van der Waals surface area contributed by atoms with Gasteiger partial charge in [-0.25, -0.2) is 13.8 Å². The van der Waals surface area contributed by atoms with Crippen LogP contribution in [0.4, 0.5) is 31.5 Å². The van der Waals surface area contributed by atoms with Crippen molar-refractivity contribution in [1.29, 1.82) is 0 Å². The number of phenols is 2. The largest absolute Gasteiger partial charge is 0.506 e. The smallest absolute Gasteiger partial charge is 0.294 e. The Balaban J connectivity index is 0.803. The number of halogens is 2. The number of nitrogens with zero attached hydrogens (tertiary/aromatic N) is 4. The molecule has 2 aliphatic carbocycles. The quantitative estimate of drug-likeness (QED) is 0.0844. The minimum Gasteiger partial charge on any atom is -0.506 e. The number of carbonyl (C=O) groups is 4. The van der Waals surface area contributed by atoms with Gasteiger partial charge in [0.1, 0.15) is 64.9 Å². The number of aromatic nitrogens is 2. The molecule has 0 fully saturated rings. The van der Waals surface area contributed by atoms with Gasteiger partial charge in [-0.2, -0.15) is 0 Å². The van der Waals surface area contributed by atoms with E-state index in [9.17, 15) is 19.8 Å². The molecule has 0 saturated carbocycles. The van der Waals surface area contributed by atoms with Gasteiger partial charge in [-0.05, 0) is 120 Å². The third-order valence-corrected chi connectivity index (χ3v) is 16.6. The molecule has 87 heavy (non-hydrogen) atoms. The zero-order chi connectivity index (χ0) is 60.3. The van der Waals surface area contributed by atoms with E-state index < -0.39 is 46.4 Å². The number of anilines is 4. The maximum absolute atomic E-state index is 17.2. The molecule has 17 heteroatoms. The highest BCUT2D eigenvalue weighted by Crippen LogP contribution is 2.54. The molecule has 4 N–H and O–H groups in total. The zero-order valence-electron chi connectivity index (χ0n) is 47.6. The predicted molar refractivity (Wildman–Crippen MR) is 323 cm³/mol. The normalized spacial score (nSPS) is 18.8. The molecule has 0 saturated heterocycles. The van der Waals surface area contributed by atoms with Crippen LogP contribution in [0.3, 0.4) is 0 Å². The maximum Gasteiger partial charge on any atom is 0.294 e. The van der Waals surface area contributed by atoms with Gasteiger partial charge >= 0.3 is 0 Å². The standard InChI is InChI=1S/C70H58F2N6O9/c1-69(2)33-51-61(58(81)35-69)66(78(68(84)60-23-12-28-85-60)55-20-11-22-57(80)64(55)75-51)46-27-25-44(31-48(46)72)87-39-42-16-9-15-41(29-42)32-70(3)34-52-62(59(82)36-70)65(45-26-24-43(30-47(45)71)86-38-40-13-5-4-6-14-40)77(54-19-10-21-56(79)63(54)76-52)67(83)53-37-73-49-17-7-8-18-50(49)74-53/h4-31,37,65-66,75-76,79-80H,32-36,38-39H2,1-3H3. The fourth-order valence-corrected chi connectivity index (χ4v) is 12.7. The van der Waals surface area contributed by atoms with Gasteiger partial charge in [0.2, 0.25) is 0 Å². The van der Waals surface area contributed by atoms with Crippen molar-refractivity contribution >= 4 is 57.2 Å². The van der Waals surface area contributed by atoms with Crippen molar-refractivity contribution in [1.82, 2.24) is 9.97 Å². The number of amides is 2. The lowest BCUT2D eigenvalue weighted by molar-refractivity contribution is -0.119. The topological polar surface area (TPSA) is 197 Å². The second kappa shape index (κ2) is 22.2. The van der Waals surface area contributed by atoms with Crippen LogP contribution in [0.1, 0.15) is 107 Å². The molecule has 2 aliphatic heterocycles. The Morgan fingerprint density at radius 1 is 0.598 bits per heavy atom. The minimum absolute atomic E-state index is 0.00745. The molecule has 15 nitrogen and oxygen atoms in total. The van der Waals surface area contributed by atoms with Crippen molar-refractivity contribution in [2.45, 2.75) is 78.2 Å². The van der Waals surface area contributed by atoms with Crippen molar-refractivity contribution in [2.75, 3.05) is 20.4 Å². The Morgan fingerprint density at radius 3 is 1.77 bits per heavy atom. The maximum atomic E-state index is 17.2. The molecular formula is C70H58F2N6O9. The van der Waals surface area contributed by atoms with Crippen LogP contribution in [0.2, 0.25) is 0 Å². The number of carbonyl (C=O) groups excluding carboxylic acids is 4. The van der Waals surface area contributed by atoms with Crippen molar-refractivity contribution in [2.24, 2.45) is 10.8 Å². The number of hydrogen-bond donors (Lipinski definition) is 4. The van der Waals surface area contributed by atoms with Gasteiger partial charge in [0.15, 0.2) is 17.3 Å². The number of benzene rings is 7. The molecule has 0 spiro atoms. The number of phenolic OH excluding ortho intramolecular Hbond substituents is 2. The second-order valence-corrected chi connectivity index (χ2v) is 23.7. The van der Waals surface area contributed by atoms with E-state index in [2.05, 4.69) is 20.6 Å². The highest BCUT2D eigenvalue weighted by molar-refractivity contribution is 6.13. The molecule has 4 heterocycles. The first-order valence-corrected chi connectivity index (χ1v) is 28.6. The molecular weight excluding hydrogens is 1110 g/mol. The summed E-state index contributed by atoms with van der Waals surface area (Å²) in [5.41, 5.74) is 4.14. The summed E-state index contributed by atoms with van der Waals surface area (Å²) in [5, 5.41) is 29.5. The molecule has 3 atom stereocenters. The number of aromatic hydroxyl groups is 2. The number of Topliss-reactive ketones (excluding diaryl/α,β-unsaturated/α-hetero) is 2. The number of nitrogens with one attached hydrogen (secondary N) is 2. The Labute approximate surface area is 499 Å². The van der Waals surface area contributed by atoms with Crippen LogP contribution in [-0.4, -0.2) is 43.6 Å². The number of para-hydroxylation sites is 4. The van der Waals surface area contributed by atoms with Gasteiger partial charge in [0, 0.05) is 58.6 Å². The number of fused-ring (bicyclic) bond motifs is 3. The van der Waals surface area contributed by atoms with Gasteiger partial charge in [0.25, 0.3) is 11.8 Å². The molecule has 9 aromatic rings. The van der Waals surface area contributed by atoms with E-state index in [0.29, 0.717) is 35.3 Å². The molecule has 3 unspecified atom stereocenters. The molecule has 13 rings (SSSR count). The number of hydrogen-bond acceptors (Lipinski definition) is 13. The average molecular weight is 1170 g/mol. The van der Waals surface area contributed by atoms with Gasteiger partial charge in [0.05, 0.1) is 47.0 Å². The first kappa shape index (κ1) is 55.8.